The number of amides is 2. The highest BCUT2D eigenvalue weighted by Gasteiger charge is 2.32. The van der Waals surface area contributed by atoms with Gasteiger partial charge in [0.05, 0.1) is 19.1 Å². The predicted molar refractivity (Wildman–Crippen MR) is 144 cm³/mol. The number of sulfonamides is 1. The van der Waals surface area contributed by atoms with Crippen LogP contribution in [0.5, 0.6) is 5.75 Å². The van der Waals surface area contributed by atoms with E-state index in [1.165, 1.54) is 12.0 Å². The van der Waals surface area contributed by atoms with E-state index in [1.54, 1.807) is 42.5 Å². The number of methoxy groups -OCH3 is 1. The molecule has 198 valence electrons. The Balaban J connectivity index is 2.46. The lowest BCUT2D eigenvalue weighted by atomic mass is 10.1. The Morgan fingerprint density at radius 2 is 1.78 bits per heavy atom. The Labute approximate surface area is 219 Å². The normalized spacial score (nSPS) is 12.1. The number of hydrogen-bond donors (Lipinski definition) is 1. The number of hydrogen-bond acceptors (Lipinski definition) is 5. The number of nitrogens with one attached hydrogen (secondary N) is 1. The average Bonchev–Trinajstić information content (AvgIpc) is 2.83. The molecule has 8 nitrogen and oxygen atoms in total. The van der Waals surface area contributed by atoms with Crippen molar-refractivity contribution in [1.82, 2.24) is 10.2 Å². The van der Waals surface area contributed by atoms with Gasteiger partial charge in [0, 0.05) is 18.1 Å². The molecule has 2 rings (SSSR count). The van der Waals surface area contributed by atoms with Crippen molar-refractivity contribution in [2.24, 2.45) is 0 Å². The maximum Gasteiger partial charge on any atom is 0.244 e. The topological polar surface area (TPSA) is 96.0 Å². The Hall–Kier alpha value is -2.78. The molecule has 1 N–H and O–H groups in total. The fourth-order valence-corrected chi connectivity index (χ4v) is 4.77. The molecule has 0 saturated carbocycles. The summed E-state index contributed by atoms with van der Waals surface area (Å²) in [6, 6.07) is 11.3. The molecule has 0 radical (unpaired) electrons. The van der Waals surface area contributed by atoms with Crippen LogP contribution in [0.4, 0.5) is 5.69 Å². The number of rotatable bonds is 13. The minimum absolute atomic E-state index is 0.123. The van der Waals surface area contributed by atoms with Crippen LogP contribution in [0.15, 0.2) is 42.5 Å². The van der Waals surface area contributed by atoms with Crippen LogP contribution in [0.2, 0.25) is 5.02 Å². The number of halogens is 1. The van der Waals surface area contributed by atoms with Crippen LogP contribution in [0.25, 0.3) is 0 Å². The first-order chi connectivity index (χ1) is 17.0. The predicted octanol–water partition coefficient (Wildman–Crippen LogP) is 4.15. The largest absolute Gasteiger partial charge is 0.495 e. The van der Waals surface area contributed by atoms with E-state index in [9.17, 15) is 18.0 Å². The molecule has 0 aromatic heterocycles. The number of benzene rings is 2. The van der Waals surface area contributed by atoms with Gasteiger partial charge in [-0.1, -0.05) is 50.1 Å². The van der Waals surface area contributed by atoms with Gasteiger partial charge in [-0.2, -0.15) is 0 Å². The molecular formula is C26H36ClN3O5S. The van der Waals surface area contributed by atoms with E-state index in [0.717, 1.165) is 34.5 Å². The van der Waals surface area contributed by atoms with E-state index in [2.05, 4.69) is 5.32 Å². The lowest BCUT2D eigenvalue weighted by molar-refractivity contribution is -0.140. The molecule has 0 bridgehead atoms. The van der Waals surface area contributed by atoms with Crippen molar-refractivity contribution < 1.29 is 22.7 Å². The maximum absolute atomic E-state index is 13.7. The number of nitrogens with zero attached hydrogens (tertiary/aromatic N) is 2. The molecule has 10 heteroatoms. The first kappa shape index (κ1) is 29.5. The number of carbonyl (C=O) groups excluding carboxylic acids is 2. The van der Waals surface area contributed by atoms with E-state index in [0.29, 0.717) is 23.7 Å². The second-order valence-electron chi connectivity index (χ2n) is 8.66. The number of carbonyl (C=O) groups is 2. The quantitative estimate of drug-likeness (QED) is 0.387. The molecule has 0 fully saturated rings. The summed E-state index contributed by atoms with van der Waals surface area (Å²) in [5.74, 6) is -0.448. The Kier molecular flexibility index (Phi) is 11.0. The van der Waals surface area contributed by atoms with Crippen LogP contribution < -0.4 is 14.4 Å². The molecule has 36 heavy (non-hydrogen) atoms. The van der Waals surface area contributed by atoms with Gasteiger partial charge >= 0.3 is 0 Å². The highest BCUT2D eigenvalue weighted by atomic mass is 35.5. The van der Waals surface area contributed by atoms with Crippen LogP contribution in [0, 0.1) is 6.92 Å². The van der Waals surface area contributed by atoms with Crippen molar-refractivity contribution in [3.05, 3.63) is 58.6 Å². The van der Waals surface area contributed by atoms with Crippen LogP contribution in [-0.4, -0.2) is 57.6 Å². The summed E-state index contributed by atoms with van der Waals surface area (Å²) in [5, 5.41) is 3.45. The number of anilines is 1. The molecule has 1 atom stereocenters. The Morgan fingerprint density at radius 1 is 1.11 bits per heavy atom. The molecule has 2 aromatic rings. The third-order valence-electron chi connectivity index (χ3n) is 5.76. The summed E-state index contributed by atoms with van der Waals surface area (Å²) in [6.45, 7) is 5.82. The minimum Gasteiger partial charge on any atom is -0.495 e. The fraction of sp³-hybridized carbons (Fsp3) is 0.462. The molecule has 2 amide bonds. The second kappa shape index (κ2) is 13.5. The zero-order valence-electron chi connectivity index (χ0n) is 21.6. The number of aryl methyl sites for hydroxylation is 1. The number of unbranched alkanes of at least 4 members (excludes halogenated alkanes) is 1. The van der Waals surface area contributed by atoms with E-state index in [-0.39, 0.29) is 18.1 Å². The summed E-state index contributed by atoms with van der Waals surface area (Å²) in [4.78, 5) is 28.2. The van der Waals surface area contributed by atoms with Gasteiger partial charge in [-0.05, 0) is 55.2 Å². The summed E-state index contributed by atoms with van der Waals surface area (Å²) in [7, 11) is -2.42. The zero-order valence-corrected chi connectivity index (χ0v) is 23.2. The first-order valence-electron chi connectivity index (χ1n) is 12.0. The van der Waals surface area contributed by atoms with Crippen LogP contribution in [0.3, 0.4) is 0 Å². The van der Waals surface area contributed by atoms with E-state index in [1.807, 2.05) is 20.8 Å². The fourth-order valence-electron chi connectivity index (χ4n) is 3.80. The van der Waals surface area contributed by atoms with Crippen LogP contribution >= 0.6 is 11.6 Å². The Bertz CT molecular complexity index is 1140. The van der Waals surface area contributed by atoms with E-state index in [4.69, 9.17) is 16.3 Å². The summed E-state index contributed by atoms with van der Waals surface area (Å²) in [6.07, 6.45) is 3.15. The average molecular weight is 538 g/mol. The molecule has 0 aliphatic heterocycles. The van der Waals surface area contributed by atoms with Crippen molar-refractivity contribution in [3.8, 4) is 5.75 Å². The van der Waals surface area contributed by atoms with Gasteiger partial charge in [-0.25, -0.2) is 8.42 Å². The van der Waals surface area contributed by atoms with Gasteiger partial charge in [0.1, 0.15) is 18.3 Å². The molecular weight excluding hydrogens is 502 g/mol. The molecule has 0 aliphatic carbocycles. The molecule has 0 spiro atoms. The van der Waals surface area contributed by atoms with Gasteiger partial charge in [0.15, 0.2) is 0 Å². The Morgan fingerprint density at radius 3 is 2.33 bits per heavy atom. The van der Waals surface area contributed by atoms with Gasteiger partial charge in [0.2, 0.25) is 21.8 Å². The van der Waals surface area contributed by atoms with Crippen molar-refractivity contribution in [3.63, 3.8) is 0 Å². The molecule has 0 heterocycles. The summed E-state index contributed by atoms with van der Waals surface area (Å²) in [5.41, 5.74) is 1.85. The summed E-state index contributed by atoms with van der Waals surface area (Å²) >= 11 is 6.02. The van der Waals surface area contributed by atoms with Crippen molar-refractivity contribution in [2.75, 3.05) is 30.8 Å². The van der Waals surface area contributed by atoms with Crippen molar-refractivity contribution in [2.45, 2.75) is 52.6 Å². The number of ether oxygens (including phenoxy) is 1. The van der Waals surface area contributed by atoms with Crippen LogP contribution in [0.1, 0.15) is 44.2 Å². The summed E-state index contributed by atoms with van der Waals surface area (Å²) < 4.78 is 32.0. The molecule has 0 unspecified atom stereocenters. The first-order valence-corrected chi connectivity index (χ1v) is 14.2. The van der Waals surface area contributed by atoms with Gasteiger partial charge in [-0.15, -0.1) is 0 Å². The smallest absolute Gasteiger partial charge is 0.244 e. The lowest BCUT2D eigenvalue weighted by Gasteiger charge is -2.33. The highest BCUT2D eigenvalue weighted by molar-refractivity contribution is 7.92. The third kappa shape index (κ3) is 8.13. The molecule has 0 saturated heterocycles. The second-order valence-corrected chi connectivity index (χ2v) is 11.0. The molecule has 0 aliphatic rings. The van der Waals surface area contributed by atoms with Crippen LogP contribution in [-0.2, 0) is 26.2 Å². The van der Waals surface area contributed by atoms with Gasteiger partial charge < -0.3 is 15.0 Å². The lowest BCUT2D eigenvalue weighted by Crippen LogP contribution is -2.52. The highest BCUT2D eigenvalue weighted by Crippen LogP contribution is 2.31. The third-order valence-corrected chi connectivity index (χ3v) is 7.14. The van der Waals surface area contributed by atoms with E-state index < -0.39 is 28.5 Å². The molecule has 2 aromatic carbocycles. The SMILES string of the molecule is CCCCNC(=O)[C@@H](CC)N(Cc1ccc(Cl)cc1)C(=O)CN(c1cc(C)ccc1OC)S(C)(=O)=O. The van der Waals surface area contributed by atoms with Crippen molar-refractivity contribution >= 4 is 39.1 Å². The zero-order chi connectivity index (χ0) is 26.9. The van der Waals surface area contributed by atoms with E-state index >= 15 is 0 Å². The van der Waals surface area contributed by atoms with Gasteiger partial charge in [0.25, 0.3) is 0 Å². The maximum atomic E-state index is 13.7. The standard InChI is InChI=1S/C26H36ClN3O5S/c1-6-8-15-28-26(32)22(7-2)29(17-20-10-12-21(27)13-11-20)25(31)18-30(36(5,33)34)23-16-19(3)9-14-24(23)35-4/h9-14,16,22H,6-8,15,17-18H2,1-5H3,(H,28,32)/t22-/m1/s1. The van der Waals surface area contributed by atoms with Gasteiger partial charge in [-0.3, -0.25) is 13.9 Å². The minimum atomic E-state index is -3.86. The van der Waals surface area contributed by atoms with Crippen molar-refractivity contribution in [1.29, 1.82) is 0 Å². The monoisotopic (exact) mass is 537 g/mol.